The van der Waals surface area contributed by atoms with Gasteiger partial charge in [-0.3, -0.25) is 4.40 Å². The Morgan fingerprint density at radius 1 is 1.21 bits per heavy atom. The molecule has 6 nitrogen and oxygen atoms in total. The van der Waals surface area contributed by atoms with E-state index < -0.39 is 14.0 Å². The van der Waals surface area contributed by atoms with Gasteiger partial charge in [-0.25, -0.2) is 14.4 Å². The van der Waals surface area contributed by atoms with Gasteiger partial charge in [0, 0.05) is 56.8 Å². The number of aryl methyl sites for hydroxylation is 2. The predicted octanol–water partition coefficient (Wildman–Crippen LogP) is 4.76. The highest BCUT2D eigenvalue weighted by molar-refractivity contribution is 5.80. The monoisotopic (exact) mass is 451 g/mol. The molecule has 1 N–H and O–H groups in total. The number of fused-ring (bicyclic) bond motifs is 2. The third kappa shape index (κ3) is 4.04. The lowest BCUT2D eigenvalue weighted by Gasteiger charge is -2.15. The summed E-state index contributed by atoms with van der Waals surface area (Å²) in [6.45, 7) is -1.28. The molecule has 0 spiro atoms. The van der Waals surface area contributed by atoms with Crippen molar-refractivity contribution in [3.63, 3.8) is 0 Å². The molecular formula is C26H28FN5O. The molecule has 0 fully saturated rings. The topological polar surface area (TPSA) is 54.7 Å². The summed E-state index contributed by atoms with van der Waals surface area (Å²) in [5.41, 5.74) is 5.79. The van der Waals surface area contributed by atoms with Gasteiger partial charge in [-0.2, -0.15) is 0 Å². The molecule has 0 atom stereocenters. The number of ether oxygens (including phenoxy) is 1. The Labute approximate surface area is 201 Å². The standard InChI is InChI=1S/C26H28FN5O/c1-16-11-18(15-31(3)4)5-6-19(16)22-13-29-26(32-14-17(2)30-25(22)32)28-12-21-20-9-10-33-24(20)8-7-23(21)27/h5-8,11,13-14H,9-10,12,15H2,1-4H3,(H,28,29)/i3D3,4D3. The minimum absolute atomic E-state index is 0.230. The fourth-order valence-corrected chi connectivity index (χ4v) is 4.40. The van der Waals surface area contributed by atoms with E-state index in [0.29, 0.717) is 46.4 Å². The zero-order valence-corrected chi connectivity index (χ0v) is 18.4. The molecule has 0 aliphatic carbocycles. The smallest absolute Gasteiger partial charge is 0.208 e. The molecule has 1 aliphatic rings. The molecule has 33 heavy (non-hydrogen) atoms. The summed E-state index contributed by atoms with van der Waals surface area (Å²) in [5, 5.41) is 3.24. The summed E-state index contributed by atoms with van der Waals surface area (Å²) in [4.78, 5) is 9.83. The average molecular weight is 452 g/mol. The van der Waals surface area contributed by atoms with Crippen molar-refractivity contribution >= 4 is 11.6 Å². The number of nitrogens with zero attached hydrogens (tertiary/aromatic N) is 4. The Balaban J connectivity index is 1.45. The van der Waals surface area contributed by atoms with Crippen molar-refractivity contribution in [3.8, 4) is 16.9 Å². The van der Waals surface area contributed by atoms with Crippen molar-refractivity contribution in [2.75, 3.05) is 25.9 Å². The summed E-state index contributed by atoms with van der Waals surface area (Å²) >= 11 is 0. The minimum Gasteiger partial charge on any atom is -0.493 e. The SMILES string of the molecule is [2H]C([2H])([2H])N(Cc1ccc(-c2cnc(NCc3c(F)ccc4c3CCO4)n3cc(C)nc23)c(C)c1)C([2H])([2H])[2H]. The first-order chi connectivity index (χ1) is 18.3. The average Bonchev–Trinajstić information content (AvgIpc) is 3.47. The van der Waals surface area contributed by atoms with E-state index in [1.165, 1.54) is 6.07 Å². The highest BCUT2D eigenvalue weighted by Gasteiger charge is 2.20. The van der Waals surface area contributed by atoms with Gasteiger partial charge in [0.25, 0.3) is 0 Å². The molecule has 5 rings (SSSR count). The first kappa shape index (κ1) is 15.4. The number of aromatic nitrogens is 3. The van der Waals surface area contributed by atoms with E-state index >= 15 is 0 Å². The maximum Gasteiger partial charge on any atom is 0.208 e. The van der Waals surface area contributed by atoms with Gasteiger partial charge in [0.2, 0.25) is 5.95 Å². The van der Waals surface area contributed by atoms with Gasteiger partial charge in [0.05, 0.1) is 12.3 Å². The van der Waals surface area contributed by atoms with Crippen LogP contribution in [0.25, 0.3) is 16.8 Å². The van der Waals surface area contributed by atoms with Crippen LogP contribution in [0.2, 0.25) is 0 Å². The van der Waals surface area contributed by atoms with Crippen molar-refractivity contribution in [2.45, 2.75) is 33.4 Å². The van der Waals surface area contributed by atoms with Crippen LogP contribution in [0.4, 0.5) is 10.3 Å². The van der Waals surface area contributed by atoms with Crippen molar-refractivity contribution in [2.24, 2.45) is 0 Å². The summed E-state index contributed by atoms with van der Waals surface area (Å²) in [6.07, 6.45) is 4.19. The van der Waals surface area contributed by atoms with Crippen molar-refractivity contribution in [1.29, 1.82) is 0 Å². The maximum absolute atomic E-state index is 14.6. The van der Waals surface area contributed by atoms with Gasteiger partial charge in [-0.15, -0.1) is 0 Å². The van der Waals surface area contributed by atoms with E-state index in [1.807, 2.05) is 30.5 Å². The molecule has 0 amide bonds. The lowest BCUT2D eigenvalue weighted by atomic mass is 10.00. The molecule has 1 aliphatic heterocycles. The van der Waals surface area contributed by atoms with E-state index in [9.17, 15) is 4.39 Å². The van der Waals surface area contributed by atoms with E-state index in [4.69, 9.17) is 13.0 Å². The molecule has 2 aromatic heterocycles. The summed E-state index contributed by atoms with van der Waals surface area (Å²) in [6, 6.07) is 8.38. The highest BCUT2D eigenvalue weighted by Crippen LogP contribution is 2.32. The third-order valence-electron chi connectivity index (χ3n) is 5.90. The Morgan fingerprint density at radius 3 is 2.91 bits per heavy atom. The molecule has 0 bridgehead atoms. The number of benzene rings is 2. The molecule has 0 saturated carbocycles. The fourth-order valence-electron chi connectivity index (χ4n) is 4.40. The van der Waals surface area contributed by atoms with Crippen LogP contribution in [-0.2, 0) is 19.5 Å². The summed E-state index contributed by atoms with van der Waals surface area (Å²) in [7, 11) is 0. The molecular weight excluding hydrogens is 417 g/mol. The van der Waals surface area contributed by atoms with Crippen LogP contribution in [0.5, 0.6) is 5.75 Å². The number of rotatable bonds is 6. The van der Waals surface area contributed by atoms with Gasteiger partial charge in [-0.05, 0) is 56.6 Å². The lowest BCUT2D eigenvalue weighted by Crippen LogP contribution is -2.11. The molecule has 0 radical (unpaired) electrons. The Bertz CT molecular complexity index is 1530. The second kappa shape index (κ2) is 8.48. The van der Waals surface area contributed by atoms with Crippen molar-refractivity contribution in [3.05, 3.63) is 76.5 Å². The number of hydrogen-bond donors (Lipinski definition) is 1. The van der Waals surface area contributed by atoms with E-state index in [2.05, 4.69) is 15.3 Å². The quantitative estimate of drug-likeness (QED) is 0.458. The first-order valence-electron chi connectivity index (χ1n) is 13.7. The lowest BCUT2D eigenvalue weighted by molar-refractivity contribution is 0.356. The van der Waals surface area contributed by atoms with Crippen LogP contribution in [0.3, 0.4) is 0 Å². The van der Waals surface area contributed by atoms with E-state index in [1.54, 1.807) is 24.4 Å². The largest absolute Gasteiger partial charge is 0.493 e. The number of imidazole rings is 1. The zero-order chi connectivity index (χ0) is 28.1. The Morgan fingerprint density at radius 2 is 2.09 bits per heavy atom. The molecule has 3 heterocycles. The number of nitrogens with one attached hydrogen (secondary N) is 1. The number of anilines is 1. The van der Waals surface area contributed by atoms with Crippen molar-refractivity contribution in [1.82, 2.24) is 19.3 Å². The molecule has 2 aromatic carbocycles. The van der Waals surface area contributed by atoms with E-state index in [-0.39, 0.29) is 18.9 Å². The molecule has 4 aromatic rings. The molecule has 170 valence electrons. The van der Waals surface area contributed by atoms with Crippen LogP contribution in [-0.4, -0.2) is 39.8 Å². The fraction of sp³-hybridized carbons (Fsp3) is 0.308. The van der Waals surface area contributed by atoms with Gasteiger partial charge >= 0.3 is 0 Å². The Kier molecular flexibility index (Phi) is 3.96. The molecule has 0 saturated heterocycles. The Hall–Kier alpha value is -3.45. The van der Waals surface area contributed by atoms with E-state index in [0.717, 1.165) is 27.9 Å². The van der Waals surface area contributed by atoms with Crippen molar-refractivity contribution < 1.29 is 17.4 Å². The minimum atomic E-state index is -2.76. The first-order valence-corrected chi connectivity index (χ1v) is 10.7. The van der Waals surface area contributed by atoms with Gasteiger partial charge in [0.15, 0.2) is 0 Å². The third-order valence-corrected chi connectivity index (χ3v) is 5.90. The van der Waals surface area contributed by atoms with Crippen LogP contribution >= 0.6 is 0 Å². The van der Waals surface area contributed by atoms with Crippen LogP contribution in [0.15, 0.2) is 42.7 Å². The molecule has 0 unspecified atom stereocenters. The second-order valence-electron chi connectivity index (χ2n) is 8.26. The number of halogens is 1. The predicted molar refractivity (Wildman–Crippen MR) is 128 cm³/mol. The maximum atomic E-state index is 14.6. The summed E-state index contributed by atoms with van der Waals surface area (Å²) < 4.78 is 67.8. The zero-order valence-electron chi connectivity index (χ0n) is 24.4. The normalized spacial score (nSPS) is 16.4. The van der Waals surface area contributed by atoms with Crippen LogP contribution in [0, 0.1) is 19.7 Å². The van der Waals surface area contributed by atoms with Gasteiger partial charge in [-0.1, -0.05) is 18.2 Å². The number of hydrogen-bond acceptors (Lipinski definition) is 5. The highest BCUT2D eigenvalue weighted by atomic mass is 19.1. The van der Waals surface area contributed by atoms with Gasteiger partial charge < -0.3 is 15.0 Å². The second-order valence-corrected chi connectivity index (χ2v) is 8.26. The van der Waals surface area contributed by atoms with Gasteiger partial charge in [0.1, 0.15) is 17.2 Å². The van der Waals surface area contributed by atoms with Crippen LogP contribution < -0.4 is 10.1 Å². The molecule has 7 heteroatoms. The van der Waals surface area contributed by atoms with Crippen LogP contribution in [0.1, 0.15) is 36.2 Å². The summed E-state index contributed by atoms with van der Waals surface area (Å²) in [5.74, 6) is 0.915.